The van der Waals surface area contributed by atoms with E-state index in [-0.39, 0.29) is 5.96 Å². The Bertz CT molecular complexity index is 390. The van der Waals surface area contributed by atoms with Crippen LogP contribution in [0.2, 0.25) is 0 Å². The Morgan fingerprint density at radius 2 is 2.25 bits per heavy atom. The molecule has 0 saturated heterocycles. The molecule has 0 amide bonds. The summed E-state index contributed by atoms with van der Waals surface area (Å²) in [6, 6.07) is 2.18. The minimum atomic E-state index is 0.0134. The molecular weight excluding hydrogens is 222 g/mol. The van der Waals surface area contributed by atoms with Crippen molar-refractivity contribution in [2.75, 3.05) is 13.6 Å². The van der Waals surface area contributed by atoms with Crippen LogP contribution in [0.4, 0.5) is 0 Å². The fourth-order valence-corrected chi connectivity index (χ4v) is 1.98. The molecule has 0 aliphatic heterocycles. The largest absolute Gasteiger partial charge is 0.370 e. The Kier molecular flexibility index (Phi) is 4.78. The van der Waals surface area contributed by atoms with Crippen molar-refractivity contribution in [1.29, 1.82) is 0 Å². The van der Waals surface area contributed by atoms with Gasteiger partial charge >= 0.3 is 0 Å². The Balaban J connectivity index is 2.37. The van der Waals surface area contributed by atoms with Gasteiger partial charge in [0.25, 0.3) is 0 Å². The van der Waals surface area contributed by atoms with Gasteiger partial charge in [-0.25, -0.2) is 0 Å². The van der Waals surface area contributed by atoms with Crippen LogP contribution in [0.1, 0.15) is 10.4 Å². The lowest BCUT2D eigenvalue weighted by Gasteiger charge is -2.04. The number of hydrogen-bond donors (Lipinski definition) is 3. The first kappa shape index (κ1) is 12.5. The van der Waals surface area contributed by atoms with E-state index in [0.717, 1.165) is 13.0 Å². The molecule has 0 aliphatic carbocycles. The number of guanidine groups is 2. The monoisotopic (exact) mass is 239 g/mol. The molecule has 0 fully saturated rings. The minimum absolute atomic E-state index is 0.0134. The second kappa shape index (κ2) is 6.12. The zero-order valence-corrected chi connectivity index (χ0v) is 10.3. The van der Waals surface area contributed by atoms with Gasteiger partial charge in [-0.2, -0.15) is 4.99 Å². The van der Waals surface area contributed by atoms with Crippen molar-refractivity contribution < 1.29 is 0 Å². The third-order valence-electron chi connectivity index (χ3n) is 1.93. The third-order valence-corrected chi connectivity index (χ3v) is 2.84. The number of nitrogens with two attached hydrogens (primary N) is 2. The molecule has 16 heavy (non-hydrogen) atoms. The van der Waals surface area contributed by atoms with Gasteiger partial charge in [0.1, 0.15) is 0 Å². The van der Waals surface area contributed by atoms with Gasteiger partial charge in [-0.3, -0.25) is 4.99 Å². The van der Waals surface area contributed by atoms with E-state index in [2.05, 4.69) is 33.7 Å². The fraction of sp³-hybridized carbons (Fsp3) is 0.400. The lowest BCUT2D eigenvalue weighted by Crippen LogP contribution is -2.30. The highest BCUT2D eigenvalue weighted by atomic mass is 32.1. The van der Waals surface area contributed by atoms with Crippen LogP contribution in [0.5, 0.6) is 0 Å². The van der Waals surface area contributed by atoms with Crippen LogP contribution in [0.3, 0.4) is 0 Å². The van der Waals surface area contributed by atoms with Gasteiger partial charge in [0.15, 0.2) is 5.96 Å². The van der Waals surface area contributed by atoms with Gasteiger partial charge in [-0.15, -0.1) is 11.3 Å². The van der Waals surface area contributed by atoms with Crippen molar-refractivity contribution in [3.63, 3.8) is 0 Å². The predicted molar refractivity (Wildman–Crippen MR) is 69.9 cm³/mol. The minimum Gasteiger partial charge on any atom is -0.370 e. The molecule has 0 atom stereocenters. The quantitative estimate of drug-likeness (QED) is 0.528. The van der Waals surface area contributed by atoms with E-state index in [1.807, 2.05) is 0 Å². The average Bonchev–Trinajstić information content (AvgIpc) is 2.62. The molecule has 0 aliphatic rings. The maximum absolute atomic E-state index is 5.26. The van der Waals surface area contributed by atoms with Gasteiger partial charge in [0.2, 0.25) is 5.96 Å². The van der Waals surface area contributed by atoms with Crippen LogP contribution in [0.15, 0.2) is 21.4 Å². The van der Waals surface area contributed by atoms with Crippen molar-refractivity contribution in [2.24, 2.45) is 21.5 Å². The molecule has 1 heterocycles. The summed E-state index contributed by atoms with van der Waals surface area (Å²) >= 11 is 1.75. The van der Waals surface area contributed by atoms with E-state index in [1.165, 1.54) is 10.4 Å². The molecule has 1 rings (SSSR count). The summed E-state index contributed by atoms with van der Waals surface area (Å²) in [5, 5.41) is 5.22. The molecule has 1 aromatic rings. The summed E-state index contributed by atoms with van der Waals surface area (Å²) in [5.74, 6) is 0.478. The second-order valence-electron chi connectivity index (χ2n) is 3.33. The zero-order valence-electron chi connectivity index (χ0n) is 9.53. The van der Waals surface area contributed by atoms with Crippen LogP contribution in [0.25, 0.3) is 0 Å². The van der Waals surface area contributed by atoms with Crippen LogP contribution in [0, 0.1) is 6.92 Å². The van der Waals surface area contributed by atoms with Crippen molar-refractivity contribution >= 4 is 23.3 Å². The molecule has 0 unspecified atom stereocenters. The van der Waals surface area contributed by atoms with Gasteiger partial charge in [0, 0.05) is 18.5 Å². The molecule has 88 valence electrons. The molecule has 6 heteroatoms. The van der Waals surface area contributed by atoms with Crippen molar-refractivity contribution in [3.05, 3.63) is 21.9 Å². The number of rotatable bonds is 3. The van der Waals surface area contributed by atoms with Crippen LogP contribution >= 0.6 is 11.3 Å². The molecule has 5 N–H and O–H groups in total. The van der Waals surface area contributed by atoms with Gasteiger partial charge in [-0.1, -0.05) is 0 Å². The number of nitrogens with one attached hydrogen (secondary N) is 1. The van der Waals surface area contributed by atoms with E-state index >= 15 is 0 Å². The molecular formula is C10H17N5S. The summed E-state index contributed by atoms with van der Waals surface area (Å²) in [4.78, 5) is 9.09. The van der Waals surface area contributed by atoms with Crippen LogP contribution in [-0.4, -0.2) is 25.5 Å². The Morgan fingerprint density at radius 3 is 2.75 bits per heavy atom. The third kappa shape index (κ3) is 4.31. The first-order chi connectivity index (χ1) is 7.61. The van der Waals surface area contributed by atoms with Crippen molar-refractivity contribution in [2.45, 2.75) is 13.3 Å². The normalized spacial score (nSPS) is 11.2. The lowest BCUT2D eigenvalue weighted by molar-refractivity contribution is 0.859. The highest BCUT2D eigenvalue weighted by molar-refractivity contribution is 7.10. The van der Waals surface area contributed by atoms with Gasteiger partial charge < -0.3 is 16.8 Å². The first-order valence-electron chi connectivity index (χ1n) is 4.96. The van der Waals surface area contributed by atoms with E-state index in [0.29, 0.717) is 5.96 Å². The van der Waals surface area contributed by atoms with Crippen LogP contribution in [-0.2, 0) is 6.42 Å². The average molecular weight is 239 g/mol. The summed E-state index contributed by atoms with van der Waals surface area (Å²) in [6.07, 6.45) is 0.934. The van der Waals surface area contributed by atoms with Crippen molar-refractivity contribution in [3.8, 4) is 0 Å². The summed E-state index contributed by atoms with van der Waals surface area (Å²) in [7, 11) is 1.64. The number of hydrogen-bond acceptors (Lipinski definition) is 2. The van der Waals surface area contributed by atoms with E-state index in [9.17, 15) is 0 Å². The van der Waals surface area contributed by atoms with E-state index in [1.54, 1.807) is 18.4 Å². The molecule has 0 radical (unpaired) electrons. The smallest absolute Gasteiger partial charge is 0.220 e. The highest BCUT2D eigenvalue weighted by Crippen LogP contribution is 2.12. The molecule has 0 bridgehead atoms. The fourth-order valence-electron chi connectivity index (χ4n) is 1.24. The van der Waals surface area contributed by atoms with Gasteiger partial charge in [-0.05, 0) is 30.4 Å². The maximum Gasteiger partial charge on any atom is 0.220 e. The van der Waals surface area contributed by atoms with E-state index in [4.69, 9.17) is 11.5 Å². The standard InChI is InChI=1S/C10H17N5S/c1-7-5-8(6-16-7)3-4-14-10(13-2)15-9(11)12/h5-6H,3-4H2,1-2H3,(H5,11,12,13,14,15). The first-order valence-corrected chi connectivity index (χ1v) is 5.84. The maximum atomic E-state index is 5.26. The molecule has 0 spiro atoms. The van der Waals surface area contributed by atoms with Crippen LogP contribution < -0.4 is 16.8 Å². The zero-order chi connectivity index (χ0) is 12.0. The highest BCUT2D eigenvalue weighted by Gasteiger charge is 1.98. The Hall–Kier alpha value is -1.56. The lowest BCUT2D eigenvalue weighted by atomic mass is 10.2. The predicted octanol–water partition coefficient (Wildman–Crippen LogP) is 0.448. The SMILES string of the molecule is CN=C(N=C(N)N)NCCc1csc(C)c1. The molecule has 1 aromatic heterocycles. The van der Waals surface area contributed by atoms with Gasteiger partial charge in [0.05, 0.1) is 0 Å². The Morgan fingerprint density at radius 1 is 1.50 bits per heavy atom. The second-order valence-corrected chi connectivity index (χ2v) is 4.44. The topological polar surface area (TPSA) is 88.8 Å². The summed E-state index contributed by atoms with van der Waals surface area (Å²) in [6.45, 7) is 2.86. The molecule has 0 saturated carbocycles. The number of thiophene rings is 1. The molecule has 5 nitrogen and oxygen atoms in total. The van der Waals surface area contributed by atoms with E-state index < -0.39 is 0 Å². The Labute approximate surface area is 99.3 Å². The summed E-state index contributed by atoms with van der Waals surface area (Å²) in [5.41, 5.74) is 11.8. The number of aryl methyl sites for hydroxylation is 1. The number of nitrogens with zero attached hydrogens (tertiary/aromatic N) is 2. The van der Waals surface area contributed by atoms with Crippen molar-refractivity contribution in [1.82, 2.24) is 5.32 Å². The summed E-state index contributed by atoms with van der Waals surface area (Å²) < 4.78 is 0. The molecule has 0 aromatic carbocycles. The number of aliphatic imine (C=N–C) groups is 2.